The van der Waals surface area contributed by atoms with Gasteiger partial charge in [-0.2, -0.15) is 0 Å². The summed E-state index contributed by atoms with van der Waals surface area (Å²) in [5.74, 6) is 0.0658. The van der Waals surface area contributed by atoms with Crippen LogP contribution < -0.4 is 10.2 Å². The Morgan fingerprint density at radius 1 is 1.12 bits per heavy atom. The normalized spacial score (nSPS) is 16.5. The number of para-hydroxylation sites is 1. The van der Waals surface area contributed by atoms with Gasteiger partial charge in [-0.15, -0.1) is 11.3 Å². The number of hydrogen-bond donors (Lipinski definition) is 1. The van der Waals surface area contributed by atoms with Gasteiger partial charge in [-0.05, 0) is 44.0 Å². The van der Waals surface area contributed by atoms with Crippen LogP contribution in [0.3, 0.4) is 0 Å². The van der Waals surface area contributed by atoms with Crippen LogP contribution in [0.4, 0.5) is 5.69 Å². The Hall–Kier alpha value is -1.85. The SMILES string of the molecule is CCc1ccc(C(=O)N[C@@H](C)CCN2CCN(c3ccccc3)CC2)s1. The van der Waals surface area contributed by atoms with E-state index in [4.69, 9.17) is 0 Å². The van der Waals surface area contributed by atoms with E-state index in [9.17, 15) is 4.79 Å². The summed E-state index contributed by atoms with van der Waals surface area (Å²) in [6.45, 7) is 9.56. The Labute approximate surface area is 160 Å². The molecule has 0 bridgehead atoms. The topological polar surface area (TPSA) is 35.6 Å². The van der Waals surface area contributed by atoms with Gasteiger partial charge < -0.3 is 10.2 Å². The third-order valence-electron chi connectivity index (χ3n) is 4.98. The number of anilines is 1. The van der Waals surface area contributed by atoms with E-state index >= 15 is 0 Å². The molecular formula is C21H29N3OS. The van der Waals surface area contributed by atoms with Crippen LogP contribution >= 0.6 is 11.3 Å². The zero-order chi connectivity index (χ0) is 18.4. The van der Waals surface area contributed by atoms with Crippen LogP contribution in [0.1, 0.15) is 34.8 Å². The van der Waals surface area contributed by atoms with Gasteiger partial charge in [0.25, 0.3) is 5.91 Å². The van der Waals surface area contributed by atoms with Crippen molar-refractivity contribution in [2.45, 2.75) is 32.7 Å². The van der Waals surface area contributed by atoms with Gasteiger partial charge in [-0.3, -0.25) is 9.69 Å². The number of nitrogens with zero attached hydrogens (tertiary/aromatic N) is 2. The summed E-state index contributed by atoms with van der Waals surface area (Å²) in [6.07, 6.45) is 1.98. The molecule has 140 valence electrons. The zero-order valence-corrected chi connectivity index (χ0v) is 16.6. The Morgan fingerprint density at radius 2 is 1.85 bits per heavy atom. The van der Waals surface area contributed by atoms with Crippen LogP contribution in [-0.2, 0) is 6.42 Å². The van der Waals surface area contributed by atoms with Gasteiger partial charge in [0.15, 0.2) is 0 Å². The summed E-state index contributed by atoms with van der Waals surface area (Å²) in [7, 11) is 0. The lowest BCUT2D eigenvalue weighted by Crippen LogP contribution is -2.47. The molecule has 1 aromatic carbocycles. The molecule has 1 aliphatic heterocycles. The maximum absolute atomic E-state index is 12.3. The highest BCUT2D eigenvalue weighted by atomic mass is 32.1. The van der Waals surface area contributed by atoms with Crippen molar-refractivity contribution in [2.24, 2.45) is 0 Å². The lowest BCUT2D eigenvalue weighted by Gasteiger charge is -2.36. The summed E-state index contributed by atoms with van der Waals surface area (Å²) in [5.41, 5.74) is 1.31. The minimum atomic E-state index is 0.0658. The number of carbonyl (C=O) groups is 1. The van der Waals surface area contributed by atoms with E-state index in [1.54, 1.807) is 11.3 Å². The molecule has 5 heteroatoms. The van der Waals surface area contributed by atoms with Crippen molar-refractivity contribution in [3.63, 3.8) is 0 Å². The van der Waals surface area contributed by atoms with Gasteiger partial charge in [0, 0.05) is 49.3 Å². The standard InChI is InChI=1S/C21H29N3OS/c1-3-19-9-10-20(26-19)21(25)22-17(2)11-12-23-13-15-24(16-14-23)18-7-5-4-6-8-18/h4-10,17H,3,11-16H2,1-2H3,(H,22,25)/t17-/m0/s1. The predicted octanol–water partition coefficient (Wildman–Crippen LogP) is 3.64. The van der Waals surface area contributed by atoms with E-state index in [0.717, 1.165) is 50.4 Å². The van der Waals surface area contributed by atoms with Crippen molar-refractivity contribution in [1.82, 2.24) is 10.2 Å². The molecule has 0 radical (unpaired) electrons. The lowest BCUT2D eigenvalue weighted by atomic mass is 10.2. The van der Waals surface area contributed by atoms with Gasteiger partial charge >= 0.3 is 0 Å². The molecular weight excluding hydrogens is 342 g/mol. The number of hydrogen-bond acceptors (Lipinski definition) is 4. The molecule has 1 saturated heterocycles. The molecule has 0 unspecified atom stereocenters. The molecule has 2 heterocycles. The Kier molecular flexibility index (Phi) is 6.69. The first-order valence-electron chi connectivity index (χ1n) is 9.57. The van der Waals surface area contributed by atoms with Crippen molar-refractivity contribution in [3.05, 3.63) is 52.2 Å². The van der Waals surface area contributed by atoms with Crippen molar-refractivity contribution < 1.29 is 4.79 Å². The van der Waals surface area contributed by atoms with Gasteiger partial charge in [-0.25, -0.2) is 0 Å². The number of aryl methyl sites for hydroxylation is 1. The molecule has 0 aliphatic carbocycles. The number of rotatable bonds is 7. The Balaban J connectivity index is 1.38. The highest BCUT2D eigenvalue weighted by Crippen LogP contribution is 2.18. The van der Waals surface area contributed by atoms with Crippen molar-refractivity contribution in [1.29, 1.82) is 0 Å². The summed E-state index contributed by atoms with van der Waals surface area (Å²) in [4.78, 5) is 19.4. The van der Waals surface area contributed by atoms with E-state index in [1.165, 1.54) is 10.6 Å². The second-order valence-electron chi connectivity index (χ2n) is 6.95. The maximum Gasteiger partial charge on any atom is 0.261 e. The monoisotopic (exact) mass is 371 g/mol. The molecule has 3 rings (SSSR count). The van der Waals surface area contributed by atoms with Gasteiger partial charge in [0.2, 0.25) is 0 Å². The second kappa shape index (κ2) is 9.19. The van der Waals surface area contributed by atoms with Gasteiger partial charge in [0.1, 0.15) is 0 Å². The summed E-state index contributed by atoms with van der Waals surface area (Å²) < 4.78 is 0. The number of piperazine rings is 1. The van der Waals surface area contributed by atoms with Gasteiger partial charge in [-0.1, -0.05) is 25.1 Å². The van der Waals surface area contributed by atoms with Crippen LogP contribution in [0.25, 0.3) is 0 Å². The first kappa shape index (κ1) is 18.9. The van der Waals surface area contributed by atoms with Crippen molar-refractivity contribution >= 4 is 22.9 Å². The number of thiophene rings is 1. The quantitative estimate of drug-likeness (QED) is 0.807. The fourth-order valence-electron chi connectivity index (χ4n) is 3.30. The van der Waals surface area contributed by atoms with Crippen LogP contribution in [-0.4, -0.2) is 49.6 Å². The fourth-order valence-corrected chi connectivity index (χ4v) is 4.15. The van der Waals surface area contributed by atoms with E-state index in [2.05, 4.69) is 65.4 Å². The largest absolute Gasteiger partial charge is 0.369 e. The number of amides is 1. The highest BCUT2D eigenvalue weighted by molar-refractivity contribution is 7.14. The third kappa shape index (κ3) is 5.08. The van der Waals surface area contributed by atoms with Gasteiger partial charge in [0.05, 0.1) is 4.88 Å². The van der Waals surface area contributed by atoms with Crippen molar-refractivity contribution in [3.8, 4) is 0 Å². The number of nitrogens with one attached hydrogen (secondary N) is 1. The molecule has 1 aromatic heterocycles. The fraction of sp³-hybridized carbons (Fsp3) is 0.476. The Bertz CT molecular complexity index is 692. The molecule has 1 amide bonds. The van der Waals surface area contributed by atoms with Crippen molar-refractivity contribution in [2.75, 3.05) is 37.6 Å². The molecule has 0 saturated carbocycles. The summed E-state index contributed by atoms with van der Waals surface area (Å²) in [5, 5.41) is 3.14. The van der Waals surface area contributed by atoms with E-state index < -0.39 is 0 Å². The molecule has 1 atom stereocenters. The molecule has 1 N–H and O–H groups in total. The summed E-state index contributed by atoms with van der Waals surface area (Å²) in [6, 6.07) is 14.8. The lowest BCUT2D eigenvalue weighted by molar-refractivity contribution is 0.0939. The molecule has 2 aromatic rings. The highest BCUT2D eigenvalue weighted by Gasteiger charge is 2.18. The van der Waals surface area contributed by atoms with Crippen LogP contribution in [0.2, 0.25) is 0 Å². The zero-order valence-electron chi connectivity index (χ0n) is 15.8. The number of carbonyl (C=O) groups excluding carboxylic acids is 1. The average molecular weight is 372 g/mol. The Morgan fingerprint density at radius 3 is 2.50 bits per heavy atom. The summed E-state index contributed by atoms with van der Waals surface area (Å²) >= 11 is 1.60. The minimum Gasteiger partial charge on any atom is -0.369 e. The predicted molar refractivity (Wildman–Crippen MR) is 110 cm³/mol. The minimum absolute atomic E-state index is 0.0658. The molecule has 4 nitrogen and oxygen atoms in total. The van der Waals surface area contributed by atoms with E-state index in [0.29, 0.717) is 0 Å². The molecule has 1 aliphatic rings. The maximum atomic E-state index is 12.3. The van der Waals surface area contributed by atoms with E-state index in [-0.39, 0.29) is 11.9 Å². The van der Waals surface area contributed by atoms with E-state index in [1.807, 2.05) is 6.07 Å². The number of benzene rings is 1. The molecule has 1 fully saturated rings. The molecule has 0 spiro atoms. The average Bonchev–Trinajstić information content (AvgIpc) is 3.17. The van der Waals surface area contributed by atoms with Crippen LogP contribution in [0, 0.1) is 0 Å². The van der Waals surface area contributed by atoms with Crippen LogP contribution in [0.15, 0.2) is 42.5 Å². The first-order valence-corrected chi connectivity index (χ1v) is 10.4. The first-order chi connectivity index (χ1) is 12.7. The smallest absolute Gasteiger partial charge is 0.261 e. The molecule has 26 heavy (non-hydrogen) atoms. The van der Waals surface area contributed by atoms with Crippen LogP contribution in [0.5, 0.6) is 0 Å². The second-order valence-corrected chi connectivity index (χ2v) is 8.12. The third-order valence-corrected chi connectivity index (χ3v) is 6.21.